The second kappa shape index (κ2) is 13.6. The Kier molecular flexibility index (Phi) is 11.2. The first-order valence-corrected chi connectivity index (χ1v) is 12.7. The zero-order valence-corrected chi connectivity index (χ0v) is 20.4. The second-order valence-corrected chi connectivity index (χ2v) is 9.06. The van der Waals surface area contributed by atoms with Crippen LogP contribution < -0.4 is 4.74 Å². The first-order valence-electron chi connectivity index (χ1n) is 12.7. The first kappa shape index (κ1) is 27.2. The van der Waals surface area contributed by atoms with Crippen LogP contribution in [0.5, 0.6) is 5.75 Å². The van der Waals surface area contributed by atoms with E-state index in [9.17, 15) is 4.79 Å². The monoisotopic (exact) mass is 455 g/mol. The lowest BCUT2D eigenvalue weighted by Crippen LogP contribution is -2.36. The van der Waals surface area contributed by atoms with Crippen molar-refractivity contribution < 1.29 is 14.3 Å². The highest BCUT2D eigenvalue weighted by Gasteiger charge is 2.26. The van der Waals surface area contributed by atoms with Gasteiger partial charge in [0, 0.05) is 6.54 Å². The number of carbonyl (C=O) groups excluding carboxylic acids is 1. The van der Waals surface area contributed by atoms with Gasteiger partial charge in [0.05, 0.1) is 12.5 Å². The van der Waals surface area contributed by atoms with Crippen LogP contribution in [-0.4, -0.2) is 36.7 Å². The fourth-order valence-electron chi connectivity index (χ4n) is 4.92. The van der Waals surface area contributed by atoms with Crippen LogP contribution in [0.4, 0.5) is 0 Å². The Labute approximate surface area is 201 Å². The highest BCUT2D eigenvalue weighted by Crippen LogP contribution is 2.30. The molecule has 1 heterocycles. The average Bonchev–Trinajstić information content (AvgIpc) is 2.82. The minimum atomic E-state index is -0.0245. The van der Waals surface area contributed by atoms with Crippen molar-refractivity contribution in [3.8, 4) is 5.75 Å². The van der Waals surface area contributed by atoms with E-state index in [1.165, 1.54) is 42.0 Å². The van der Waals surface area contributed by atoms with Crippen LogP contribution in [0.2, 0.25) is 0 Å². The molecule has 0 bridgehead atoms. The molecule has 0 amide bonds. The fraction of sp³-hybridized carbons (Fsp3) is 0.621. The minimum absolute atomic E-state index is 0. The van der Waals surface area contributed by atoms with Crippen molar-refractivity contribution in [2.24, 2.45) is 11.8 Å². The normalized spacial score (nSPS) is 21.5. The van der Waals surface area contributed by atoms with Crippen LogP contribution in [0.15, 0.2) is 36.4 Å². The molecule has 184 valence electrons. The third-order valence-corrected chi connectivity index (χ3v) is 6.81. The van der Waals surface area contributed by atoms with Crippen LogP contribution >= 0.6 is 0 Å². The molecule has 2 aliphatic rings. The van der Waals surface area contributed by atoms with Crippen LogP contribution in [0.1, 0.15) is 79.2 Å². The highest BCUT2D eigenvalue weighted by atomic mass is 16.5. The molecule has 2 fully saturated rings. The van der Waals surface area contributed by atoms with Gasteiger partial charge in [-0.2, -0.15) is 0 Å². The maximum Gasteiger partial charge on any atom is 0.309 e. The van der Waals surface area contributed by atoms with E-state index in [1.54, 1.807) is 0 Å². The third-order valence-electron chi connectivity index (χ3n) is 6.81. The van der Waals surface area contributed by atoms with E-state index in [0.29, 0.717) is 18.6 Å². The molecule has 2 unspecified atom stereocenters. The molecule has 2 atom stereocenters. The lowest BCUT2D eigenvalue weighted by molar-refractivity contribution is -0.149. The van der Waals surface area contributed by atoms with Gasteiger partial charge < -0.3 is 9.47 Å². The zero-order chi connectivity index (χ0) is 22.9. The number of likely N-dealkylation sites (tertiary alicyclic amines) is 1. The number of hydrogen-bond donors (Lipinski definition) is 0. The van der Waals surface area contributed by atoms with Gasteiger partial charge >= 0.3 is 5.97 Å². The van der Waals surface area contributed by atoms with Crippen molar-refractivity contribution in [2.75, 3.05) is 19.7 Å². The molecule has 0 radical (unpaired) electrons. The molecule has 2 aromatic carbocycles. The van der Waals surface area contributed by atoms with E-state index in [2.05, 4.69) is 48.2 Å². The number of piperidine rings is 1. The quantitative estimate of drug-likeness (QED) is 0.431. The van der Waals surface area contributed by atoms with Crippen LogP contribution in [0, 0.1) is 11.8 Å². The van der Waals surface area contributed by atoms with E-state index in [0.717, 1.165) is 38.2 Å². The summed E-state index contributed by atoms with van der Waals surface area (Å²) in [6.07, 6.45) is 7.21. The molecule has 4 nitrogen and oxygen atoms in total. The number of benzene rings is 2. The summed E-state index contributed by atoms with van der Waals surface area (Å²) in [5, 5.41) is 2.50. The predicted molar refractivity (Wildman–Crippen MR) is 139 cm³/mol. The van der Waals surface area contributed by atoms with Crippen LogP contribution in [0.25, 0.3) is 10.8 Å². The Hall–Kier alpha value is -2.07. The molecule has 33 heavy (non-hydrogen) atoms. The summed E-state index contributed by atoms with van der Waals surface area (Å²) in [4.78, 5) is 14.4. The molecule has 1 saturated heterocycles. The van der Waals surface area contributed by atoms with Gasteiger partial charge in [-0.05, 0) is 92.6 Å². The smallest absolute Gasteiger partial charge is 0.309 e. The molecule has 0 N–H and O–H groups in total. The number of hydrogen-bond acceptors (Lipinski definition) is 4. The summed E-state index contributed by atoms with van der Waals surface area (Å²) in [5.74, 6) is 1.69. The lowest BCUT2D eigenvalue weighted by Gasteiger charge is -2.31. The Morgan fingerprint density at radius 2 is 1.64 bits per heavy atom. The summed E-state index contributed by atoms with van der Waals surface area (Å²) >= 11 is 0. The maximum atomic E-state index is 11.9. The summed E-state index contributed by atoms with van der Waals surface area (Å²) < 4.78 is 11.5. The Morgan fingerprint density at radius 3 is 2.33 bits per heavy atom. The molecule has 1 saturated carbocycles. The van der Waals surface area contributed by atoms with Gasteiger partial charge in [-0.25, -0.2) is 0 Å². The summed E-state index contributed by atoms with van der Waals surface area (Å²) in [6, 6.07) is 13.2. The molecule has 1 aliphatic carbocycles. The van der Waals surface area contributed by atoms with Crippen molar-refractivity contribution in [3.05, 3.63) is 42.0 Å². The van der Waals surface area contributed by atoms with Gasteiger partial charge in [-0.15, -0.1) is 0 Å². The minimum Gasteiger partial charge on any atom is -0.490 e. The number of carbonyl (C=O) groups is 1. The second-order valence-electron chi connectivity index (χ2n) is 9.06. The van der Waals surface area contributed by atoms with Crippen molar-refractivity contribution in [3.63, 3.8) is 0 Å². The van der Waals surface area contributed by atoms with Crippen molar-refractivity contribution in [1.82, 2.24) is 4.90 Å². The largest absolute Gasteiger partial charge is 0.490 e. The molecule has 4 rings (SSSR count). The van der Waals surface area contributed by atoms with Gasteiger partial charge in [-0.1, -0.05) is 52.8 Å². The average molecular weight is 456 g/mol. The molecule has 0 spiro atoms. The van der Waals surface area contributed by atoms with Crippen molar-refractivity contribution in [1.29, 1.82) is 0 Å². The van der Waals surface area contributed by atoms with Crippen molar-refractivity contribution >= 4 is 16.7 Å². The standard InChI is InChI=1S/C26H35NO3.C2H6.CH4/c1-3-29-26(28)21-12-14-27(15-13-21)18-20-8-9-23-17-24(11-10-22(23)16-20)30-25-7-5-4-6-19(25)2;1-2;/h8-11,16-17,19,21,25H,3-7,12-15,18H2,1-2H3;1-2H3;1H4. The summed E-state index contributed by atoms with van der Waals surface area (Å²) in [6.45, 7) is 11.5. The van der Waals surface area contributed by atoms with Gasteiger partial charge in [0.1, 0.15) is 11.9 Å². The molecule has 2 aromatic rings. The maximum absolute atomic E-state index is 11.9. The Bertz CT molecular complexity index is 857. The fourth-order valence-corrected chi connectivity index (χ4v) is 4.92. The molecule has 0 aromatic heterocycles. The zero-order valence-electron chi connectivity index (χ0n) is 20.4. The molecule has 1 aliphatic heterocycles. The Morgan fingerprint density at radius 1 is 0.970 bits per heavy atom. The SMILES string of the molecule is C.CC.CCOC(=O)C1CCN(Cc2ccc3cc(OC4CCCCC4C)ccc3c2)CC1. The van der Waals surface area contributed by atoms with Crippen LogP contribution in [-0.2, 0) is 16.1 Å². The number of nitrogens with zero attached hydrogens (tertiary/aromatic N) is 1. The molecule has 4 heteroatoms. The van der Waals surface area contributed by atoms with E-state index in [4.69, 9.17) is 9.47 Å². The van der Waals surface area contributed by atoms with Crippen LogP contribution in [0.3, 0.4) is 0 Å². The van der Waals surface area contributed by atoms with Crippen molar-refractivity contribution in [2.45, 2.75) is 86.3 Å². The van der Waals surface area contributed by atoms with E-state index >= 15 is 0 Å². The van der Waals surface area contributed by atoms with Gasteiger partial charge in [0.25, 0.3) is 0 Å². The summed E-state index contributed by atoms with van der Waals surface area (Å²) in [7, 11) is 0. The topological polar surface area (TPSA) is 38.8 Å². The highest BCUT2D eigenvalue weighted by molar-refractivity contribution is 5.84. The number of esters is 1. The number of fused-ring (bicyclic) bond motifs is 1. The molecular weight excluding hydrogens is 410 g/mol. The van der Waals surface area contributed by atoms with Gasteiger partial charge in [0.2, 0.25) is 0 Å². The van der Waals surface area contributed by atoms with E-state index < -0.39 is 0 Å². The summed E-state index contributed by atoms with van der Waals surface area (Å²) in [5.41, 5.74) is 1.33. The van der Waals surface area contributed by atoms with Gasteiger partial charge in [-0.3, -0.25) is 9.69 Å². The van der Waals surface area contributed by atoms with E-state index in [1.807, 2.05) is 20.8 Å². The Balaban J connectivity index is 0.00000125. The lowest BCUT2D eigenvalue weighted by atomic mass is 9.88. The third kappa shape index (κ3) is 7.46. The van der Waals surface area contributed by atoms with Gasteiger partial charge in [0.15, 0.2) is 0 Å². The van der Waals surface area contributed by atoms with E-state index in [-0.39, 0.29) is 19.3 Å². The first-order chi connectivity index (χ1) is 15.6. The predicted octanol–water partition coefficient (Wildman–Crippen LogP) is 7.23. The number of rotatable bonds is 6. The molecular formula is C29H45NO3. The number of ether oxygens (including phenoxy) is 2.